The summed E-state index contributed by atoms with van der Waals surface area (Å²) in [5.74, 6) is 1.38. The molecule has 1 saturated heterocycles. The number of carbonyl (C=O) groups is 2. The van der Waals surface area contributed by atoms with Gasteiger partial charge in [0, 0.05) is 24.2 Å². The molecule has 0 N–H and O–H groups in total. The smallest absolute Gasteiger partial charge is 0.338 e. The van der Waals surface area contributed by atoms with Crippen molar-refractivity contribution in [2.24, 2.45) is 28.6 Å². The van der Waals surface area contributed by atoms with Gasteiger partial charge in [0.15, 0.2) is 0 Å². The van der Waals surface area contributed by atoms with Crippen LogP contribution in [0.3, 0.4) is 0 Å². The quantitative estimate of drug-likeness (QED) is 0.370. The number of esters is 2. The van der Waals surface area contributed by atoms with Crippen LogP contribution in [0.5, 0.6) is 0 Å². The monoisotopic (exact) mass is 530 g/mol. The molecule has 0 unspecified atom stereocenters. The van der Waals surface area contributed by atoms with Crippen LogP contribution in [0.4, 0.5) is 0 Å². The maximum Gasteiger partial charge on any atom is 0.338 e. The minimum atomic E-state index is -0.191. The van der Waals surface area contributed by atoms with Gasteiger partial charge in [-0.05, 0) is 74.8 Å². The first kappa shape index (κ1) is 23.0. The lowest BCUT2D eigenvalue weighted by Crippen LogP contribution is -2.64. The van der Waals surface area contributed by atoms with E-state index in [-0.39, 0.29) is 45.4 Å². The van der Waals surface area contributed by atoms with Crippen LogP contribution in [0, 0.1) is 28.6 Å². The molecular weight excluding hydrogens is 496 g/mol. The van der Waals surface area contributed by atoms with Crippen LogP contribution >= 0.6 is 15.9 Å². The molecule has 9 atom stereocenters. The summed E-state index contributed by atoms with van der Waals surface area (Å²) < 4.78 is 18.2. The van der Waals surface area contributed by atoms with E-state index in [1.807, 2.05) is 30.3 Å². The molecule has 1 aliphatic heterocycles. The topological polar surface area (TPSA) is 61.8 Å². The third kappa shape index (κ3) is 3.20. The molecule has 0 aromatic heterocycles. The molecule has 5 nitrogen and oxygen atoms in total. The fourth-order valence-corrected chi connectivity index (χ4v) is 10.2. The average Bonchev–Trinajstić information content (AvgIpc) is 3.21. The lowest BCUT2D eigenvalue weighted by atomic mass is 9.45. The zero-order chi connectivity index (χ0) is 23.7. The average molecular weight is 531 g/mol. The second-order valence-corrected chi connectivity index (χ2v) is 13.2. The van der Waals surface area contributed by atoms with Crippen molar-refractivity contribution in [1.29, 1.82) is 0 Å². The Morgan fingerprint density at radius 3 is 2.59 bits per heavy atom. The molecular formula is C28H35BrO5. The maximum atomic E-state index is 12.9. The van der Waals surface area contributed by atoms with Crippen molar-refractivity contribution in [3.63, 3.8) is 0 Å². The molecule has 1 heterocycles. The molecule has 0 amide bonds. The second-order valence-electron chi connectivity index (χ2n) is 11.8. The van der Waals surface area contributed by atoms with E-state index in [1.54, 1.807) is 0 Å². The fourth-order valence-electron chi connectivity index (χ4n) is 8.95. The molecule has 6 rings (SSSR count). The van der Waals surface area contributed by atoms with Crippen LogP contribution in [0.15, 0.2) is 30.3 Å². The number of fused-ring (bicyclic) bond motifs is 3. The number of hydrogen-bond donors (Lipinski definition) is 0. The van der Waals surface area contributed by atoms with E-state index in [0.717, 1.165) is 58.0 Å². The Balaban J connectivity index is 1.23. The zero-order valence-corrected chi connectivity index (χ0v) is 21.7. The van der Waals surface area contributed by atoms with Crippen molar-refractivity contribution >= 4 is 27.9 Å². The van der Waals surface area contributed by atoms with Crippen molar-refractivity contribution in [2.45, 2.75) is 87.9 Å². The third-order valence-corrected chi connectivity index (χ3v) is 12.1. The van der Waals surface area contributed by atoms with Crippen molar-refractivity contribution in [3.05, 3.63) is 35.9 Å². The summed E-state index contributed by atoms with van der Waals surface area (Å²) in [4.78, 5) is 24.5. The Bertz CT molecular complexity index is 982. The zero-order valence-electron chi connectivity index (χ0n) is 20.1. The first-order valence-electron chi connectivity index (χ1n) is 13.0. The minimum Gasteiger partial charge on any atom is -0.463 e. The van der Waals surface area contributed by atoms with Gasteiger partial charge in [0.2, 0.25) is 0 Å². The molecule has 2 bridgehead atoms. The second kappa shape index (κ2) is 8.06. The van der Waals surface area contributed by atoms with E-state index >= 15 is 0 Å². The Hall–Kier alpha value is -1.40. The number of rotatable bonds is 3. The van der Waals surface area contributed by atoms with Crippen molar-refractivity contribution in [2.75, 3.05) is 6.61 Å². The minimum absolute atomic E-state index is 0.0161. The van der Waals surface area contributed by atoms with Gasteiger partial charge in [-0.15, -0.1) is 0 Å². The first-order chi connectivity index (χ1) is 16.3. The van der Waals surface area contributed by atoms with Crippen LogP contribution < -0.4 is 0 Å². The van der Waals surface area contributed by atoms with E-state index in [2.05, 4.69) is 22.9 Å². The summed E-state index contributed by atoms with van der Waals surface area (Å²) in [6.45, 7) is 4.70. The number of hydrogen-bond acceptors (Lipinski definition) is 5. The summed E-state index contributed by atoms with van der Waals surface area (Å²) in [5, 5.41) is 0. The van der Waals surface area contributed by atoms with Crippen LogP contribution in [-0.4, -0.2) is 41.2 Å². The predicted octanol–water partition coefficient (Wildman–Crippen LogP) is 5.69. The van der Waals surface area contributed by atoms with Crippen molar-refractivity contribution in [1.82, 2.24) is 0 Å². The largest absolute Gasteiger partial charge is 0.463 e. The highest BCUT2D eigenvalue weighted by molar-refractivity contribution is 9.10. The standard InChI is InChI=1S/C28H35BrO5/c1-17(30)33-19-10-13-27-16-32-24(28(27,29)15-19)14-20-21-8-9-23(26(21,2)12-11-22(20)27)34-25(31)18-6-4-3-5-7-18/h3-7,19-24H,8-16H2,1-2H3/t19-,20-,21+,22-,23+,24+,26+,27-,28+/m1/s1. The van der Waals surface area contributed by atoms with E-state index in [4.69, 9.17) is 14.2 Å². The van der Waals surface area contributed by atoms with Crippen LogP contribution in [0.25, 0.3) is 0 Å². The number of carbonyl (C=O) groups excluding carboxylic acids is 2. The molecule has 0 spiro atoms. The normalized spacial score (nSPS) is 46.7. The molecule has 1 aromatic rings. The lowest BCUT2D eigenvalue weighted by molar-refractivity contribution is -0.154. The molecule has 5 fully saturated rings. The Morgan fingerprint density at radius 2 is 1.82 bits per heavy atom. The summed E-state index contributed by atoms with van der Waals surface area (Å²) in [6.07, 6.45) is 8.30. The van der Waals surface area contributed by atoms with E-state index < -0.39 is 0 Å². The summed E-state index contributed by atoms with van der Waals surface area (Å²) >= 11 is 4.22. The van der Waals surface area contributed by atoms with Gasteiger partial charge in [-0.3, -0.25) is 4.79 Å². The SMILES string of the molecule is CC(=O)O[C@@H]1CC[C@@]23CO[C@@H](C[C@H]4[C@H]2CC[C@]2(C)[C@@H](OC(=O)c5ccccc5)CC[C@@H]42)[C@@]3(Br)C1. The molecule has 1 aromatic carbocycles. The first-order valence-corrected chi connectivity index (χ1v) is 13.8. The lowest BCUT2D eigenvalue weighted by Gasteiger charge is -2.62. The van der Waals surface area contributed by atoms with Gasteiger partial charge >= 0.3 is 11.9 Å². The number of alkyl halides is 1. The summed E-state index contributed by atoms with van der Waals surface area (Å²) in [6, 6.07) is 9.38. The molecule has 34 heavy (non-hydrogen) atoms. The number of benzene rings is 1. The summed E-state index contributed by atoms with van der Waals surface area (Å²) in [7, 11) is 0. The maximum absolute atomic E-state index is 12.9. The van der Waals surface area contributed by atoms with E-state index in [9.17, 15) is 9.59 Å². The van der Waals surface area contributed by atoms with Gasteiger partial charge in [-0.1, -0.05) is 41.1 Å². The Labute approximate surface area is 210 Å². The third-order valence-electron chi connectivity index (χ3n) is 10.5. The highest BCUT2D eigenvalue weighted by atomic mass is 79.9. The Kier molecular flexibility index (Phi) is 5.46. The van der Waals surface area contributed by atoms with Gasteiger partial charge in [-0.25, -0.2) is 4.79 Å². The highest BCUT2D eigenvalue weighted by Gasteiger charge is 2.72. The van der Waals surface area contributed by atoms with Gasteiger partial charge in [-0.2, -0.15) is 0 Å². The molecule has 4 saturated carbocycles. The van der Waals surface area contributed by atoms with Crippen LogP contribution in [0.2, 0.25) is 0 Å². The number of halogens is 1. The van der Waals surface area contributed by atoms with Crippen LogP contribution in [0.1, 0.15) is 75.6 Å². The van der Waals surface area contributed by atoms with Crippen molar-refractivity contribution < 1.29 is 23.8 Å². The van der Waals surface area contributed by atoms with Crippen LogP contribution in [-0.2, 0) is 19.0 Å². The predicted molar refractivity (Wildman–Crippen MR) is 131 cm³/mol. The molecule has 5 aliphatic rings. The Morgan fingerprint density at radius 1 is 1.03 bits per heavy atom. The van der Waals surface area contributed by atoms with Gasteiger partial charge in [0.1, 0.15) is 12.2 Å². The summed E-state index contributed by atoms with van der Waals surface area (Å²) in [5.41, 5.74) is 0.778. The fraction of sp³-hybridized carbons (Fsp3) is 0.714. The van der Waals surface area contributed by atoms with Gasteiger partial charge < -0.3 is 14.2 Å². The van der Waals surface area contributed by atoms with Crippen molar-refractivity contribution in [3.8, 4) is 0 Å². The molecule has 0 radical (unpaired) electrons. The molecule has 4 aliphatic carbocycles. The molecule has 6 heteroatoms. The van der Waals surface area contributed by atoms with E-state index in [1.165, 1.54) is 6.92 Å². The number of ether oxygens (including phenoxy) is 3. The van der Waals surface area contributed by atoms with E-state index in [0.29, 0.717) is 23.3 Å². The van der Waals surface area contributed by atoms with Gasteiger partial charge in [0.25, 0.3) is 0 Å². The van der Waals surface area contributed by atoms with Gasteiger partial charge in [0.05, 0.1) is 22.6 Å². The highest BCUT2D eigenvalue weighted by Crippen LogP contribution is 2.72. The molecule has 184 valence electrons.